The molecule has 0 unspecified atom stereocenters. The zero-order valence-electron chi connectivity index (χ0n) is 9.19. The Morgan fingerprint density at radius 3 is 3.07 bits per heavy atom. The molecule has 84 valence electrons. The first-order chi connectivity index (χ1) is 7.29. The molecule has 5 heteroatoms. The molecule has 1 aromatic heterocycles. The molecule has 1 rings (SSSR count). The first kappa shape index (κ1) is 11.7. The lowest BCUT2D eigenvalue weighted by molar-refractivity contribution is 0.197. The second-order valence-electron chi connectivity index (χ2n) is 3.14. The maximum absolute atomic E-state index is 11.7. The molecule has 0 saturated carbocycles. The summed E-state index contributed by atoms with van der Waals surface area (Å²) in [5, 5.41) is 3.00. The van der Waals surface area contributed by atoms with E-state index in [9.17, 15) is 4.79 Å². The molecular formula is C10H17N3O2. The third-order valence-corrected chi connectivity index (χ3v) is 2.07. The Morgan fingerprint density at radius 1 is 1.60 bits per heavy atom. The normalized spacial score (nSPS) is 10.3. The fourth-order valence-corrected chi connectivity index (χ4v) is 1.24. The molecule has 0 aromatic carbocycles. The van der Waals surface area contributed by atoms with Crippen LogP contribution >= 0.6 is 0 Å². The summed E-state index contributed by atoms with van der Waals surface area (Å²) >= 11 is 0. The van der Waals surface area contributed by atoms with Gasteiger partial charge in [0, 0.05) is 39.2 Å². The molecule has 0 bridgehead atoms. The van der Waals surface area contributed by atoms with E-state index in [4.69, 9.17) is 4.74 Å². The summed E-state index contributed by atoms with van der Waals surface area (Å²) in [5.74, 6) is 0.412. The van der Waals surface area contributed by atoms with E-state index in [2.05, 4.69) is 10.3 Å². The van der Waals surface area contributed by atoms with Gasteiger partial charge in [-0.3, -0.25) is 4.79 Å². The zero-order valence-corrected chi connectivity index (χ0v) is 9.19. The first-order valence-electron chi connectivity index (χ1n) is 5.07. The van der Waals surface area contributed by atoms with Crippen LogP contribution in [0.2, 0.25) is 0 Å². The Kier molecular flexibility index (Phi) is 4.83. The molecule has 0 amide bonds. The molecule has 0 aliphatic carbocycles. The highest BCUT2D eigenvalue weighted by molar-refractivity contribution is 5.30. The maximum Gasteiger partial charge on any atom is 0.293 e. The van der Waals surface area contributed by atoms with E-state index >= 15 is 0 Å². The number of aryl methyl sites for hydroxylation is 1. The second kappa shape index (κ2) is 6.19. The zero-order chi connectivity index (χ0) is 11.1. The van der Waals surface area contributed by atoms with Crippen LogP contribution in [-0.2, 0) is 11.3 Å². The van der Waals surface area contributed by atoms with Crippen molar-refractivity contribution in [3.63, 3.8) is 0 Å². The number of hydrogen-bond donors (Lipinski definition) is 1. The van der Waals surface area contributed by atoms with Gasteiger partial charge in [-0.2, -0.15) is 0 Å². The van der Waals surface area contributed by atoms with Crippen LogP contribution in [0.4, 0.5) is 5.82 Å². The van der Waals surface area contributed by atoms with Crippen LogP contribution in [0.3, 0.4) is 0 Å². The number of nitrogens with one attached hydrogen (secondary N) is 1. The molecule has 0 radical (unpaired) electrons. The number of methoxy groups -OCH3 is 1. The SMILES string of the molecule is CCn1ccnc(NCCCOC)c1=O. The Hall–Kier alpha value is -1.36. The molecule has 0 spiro atoms. The molecule has 5 nitrogen and oxygen atoms in total. The number of hydrogen-bond acceptors (Lipinski definition) is 4. The van der Waals surface area contributed by atoms with Crippen LogP contribution in [0.25, 0.3) is 0 Å². The molecule has 0 atom stereocenters. The minimum absolute atomic E-state index is 0.0718. The monoisotopic (exact) mass is 211 g/mol. The highest BCUT2D eigenvalue weighted by Gasteiger charge is 2.01. The molecule has 0 aliphatic rings. The molecule has 15 heavy (non-hydrogen) atoms. The number of ether oxygens (including phenoxy) is 1. The maximum atomic E-state index is 11.7. The standard InChI is InChI=1S/C10H17N3O2/c1-3-13-7-6-12-9(10(13)14)11-5-4-8-15-2/h6-7H,3-5,8H2,1-2H3,(H,11,12). The predicted molar refractivity (Wildman–Crippen MR) is 59.2 cm³/mol. The van der Waals surface area contributed by atoms with Gasteiger partial charge in [-0.15, -0.1) is 0 Å². The minimum Gasteiger partial charge on any atom is -0.385 e. The van der Waals surface area contributed by atoms with E-state index in [0.717, 1.165) is 6.42 Å². The number of rotatable bonds is 6. The van der Waals surface area contributed by atoms with E-state index in [-0.39, 0.29) is 5.56 Å². The second-order valence-corrected chi connectivity index (χ2v) is 3.14. The molecule has 0 saturated heterocycles. The van der Waals surface area contributed by atoms with Crippen molar-refractivity contribution in [3.8, 4) is 0 Å². The Morgan fingerprint density at radius 2 is 2.40 bits per heavy atom. The van der Waals surface area contributed by atoms with Crippen molar-refractivity contribution >= 4 is 5.82 Å². The topological polar surface area (TPSA) is 56.1 Å². The van der Waals surface area contributed by atoms with Crippen LogP contribution in [0.5, 0.6) is 0 Å². The van der Waals surface area contributed by atoms with Gasteiger partial charge in [0.2, 0.25) is 0 Å². The van der Waals surface area contributed by atoms with Crippen molar-refractivity contribution < 1.29 is 4.74 Å². The van der Waals surface area contributed by atoms with Crippen molar-refractivity contribution in [1.29, 1.82) is 0 Å². The molecular weight excluding hydrogens is 194 g/mol. The largest absolute Gasteiger partial charge is 0.385 e. The van der Waals surface area contributed by atoms with Crippen LogP contribution in [0.1, 0.15) is 13.3 Å². The summed E-state index contributed by atoms with van der Waals surface area (Å²) in [6, 6.07) is 0. The predicted octanol–water partition coefficient (Wildman–Crippen LogP) is 0.712. The molecule has 1 heterocycles. The summed E-state index contributed by atoms with van der Waals surface area (Å²) in [5.41, 5.74) is -0.0718. The van der Waals surface area contributed by atoms with E-state index in [1.807, 2.05) is 6.92 Å². The summed E-state index contributed by atoms with van der Waals surface area (Å²) in [6.07, 6.45) is 4.17. The quantitative estimate of drug-likeness (QED) is 0.704. The van der Waals surface area contributed by atoms with Crippen LogP contribution in [-0.4, -0.2) is 29.8 Å². The van der Waals surface area contributed by atoms with E-state index < -0.39 is 0 Å². The van der Waals surface area contributed by atoms with Crippen LogP contribution < -0.4 is 10.9 Å². The number of nitrogens with zero attached hydrogens (tertiary/aromatic N) is 2. The van der Waals surface area contributed by atoms with Gasteiger partial charge in [-0.05, 0) is 13.3 Å². The lowest BCUT2D eigenvalue weighted by Gasteiger charge is -2.06. The Balaban J connectivity index is 2.57. The average molecular weight is 211 g/mol. The molecule has 1 aromatic rings. The fraction of sp³-hybridized carbons (Fsp3) is 0.600. The number of aromatic nitrogens is 2. The highest BCUT2D eigenvalue weighted by atomic mass is 16.5. The van der Waals surface area contributed by atoms with E-state index in [1.165, 1.54) is 0 Å². The smallest absolute Gasteiger partial charge is 0.293 e. The summed E-state index contributed by atoms with van der Waals surface area (Å²) in [7, 11) is 1.66. The van der Waals surface area contributed by atoms with Gasteiger partial charge < -0.3 is 14.6 Å². The lowest BCUT2D eigenvalue weighted by Crippen LogP contribution is -2.24. The van der Waals surface area contributed by atoms with Crippen molar-refractivity contribution in [1.82, 2.24) is 9.55 Å². The molecule has 0 fully saturated rings. The third kappa shape index (κ3) is 3.36. The lowest BCUT2D eigenvalue weighted by atomic mass is 10.4. The third-order valence-electron chi connectivity index (χ3n) is 2.07. The Labute approximate surface area is 89.1 Å². The average Bonchev–Trinajstić information content (AvgIpc) is 2.26. The highest BCUT2D eigenvalue weighted by Crippen LogP contribution is 1.93. The summed E-state index contributed by atoms with van der Waals surface area (Å²) in [6.45, 7) is 3.97. The first-order valence-corrected chi connectivity index (χ1v) is 5.07. The van der Waals surface area contributed by atoms with Crippen molar-refractivity contribution in [3.05, 3.63) is 22.7 Å². The fourth-order valence-electron chi connectivity index (χ4n) is 1.24. The van der Waals surface area contributed by atoms with E-state index in [0.29, 0.717) is 25.5 Å². The molecule has 1 N–H and O–H groups in total. The van der Waals surface area contributed by atoms with E-state index in [1.54, 1.807) is 24.1 Å². The van der Waals surface area contributed by atoms with Gasteiger partial charge in [-0.1, -0.05) is 0 Å². The van der Waals surface area contributed by atoms with Crippen molar-refractivity contribution in [2.75, 3.05) is 25.6 Å². The van der Waals surface area contributed by atoms with Crippen LogP contribution in [0, 0.1) is 0 Å². The van der Waals surface area contributed by atoms with Crippen molar-refractivity contribution in [2.45, 2.75) is 19.9 Å². The van der Waals surface area contributed by atoms with Gasteiger partial charge in [0.15, 0.2) is 5.82 Å². The number of anilines is 1. The minimum atomic E-state index is -0.0718. The summed E-state index contributed by atoms with van der Waals surface area (Å²) in [4.78, 5) is 15.7. The van der Waals surface area contributed by atoms with Gasteiger partial charge in [-0.25, -0.2) is 4.98 Å². The van der Waals surface area contributed by atoms with Gasteiger partial charge in [0.25, 0.3) is 5.56 Å². The van der Waals surface area contributed by atoms with Gasteiger partial charge in [0.05, 0.1) is 0 Å². The van der Waals surface area contributed by atoms with Gasteiger partial charge >= 0.3 is 0 Å². The van der Waals surface area contributed by atoms with Crippen LogP contribution in [0.15, 0.2) is 17.2 Å². The molecule has 0 aliphatic heterocycles. The Bertz CT molecular complexity index is 349. The summed E-state index contributed by atoms with van der Waals surface area (Å²) < 4.78 is 6.53. The van der Waals surface area contributed by atoms with Gasteiger partial charge in [0.1, 0.15) is 0 Å². The van der Waals surface area contributed by atoms with Crippen molar-refractivity contribution in [2.24, 2.45) is 0 Å².